The first-order chi connectivity index (χ1) is 14.9. The third-order valence-corrected chi connectivity index (χ3v) is 5.81. The Morgan fingerprint density at radius 2 is 1.84 bits per heavy atom. The van der Waals surface area contributed by atoms with Crippen molar-refractivity contribution in [1.29, 1.82) is 0 Å². The van der Waals surface area contributed by atoms with Crippen molar-refractivity contribution in [1.82, 2.24) is 0 Å². The van der Waals surface area contributed by atoms with Crippen LogP contribution < -0.4 is 21.1 Å². The number of aliphatic imine (C=N–C) groups is 2. The molecular formula is C23H27N5O3. The minimum atomic E-state index is -0.772. The van der Waals surface area contributed by atoms with Crippen LogP contribution in [0.1, 0.15) is 54.9 Å². The van der Waals surface area contributed by atoms with Gasteiger partial charge in [-0.25, -0.2) is 4.99 Å². The number of guanidine groups is 2. The number of benzene rings is 2. The van der Waals surface area contributed by atoms with E-state index < -0.39 is 5.66 Å². The number of hydrogen-bond donors (Lipinski definition) is 3. The molecule has 8 heteroatoms. The Morgan fingerprint density at radius 3 is 2.52 bits per heavy atom. The van der Waals surface area contributed by atoms with Crippen LogP contribution in [0.4, 0.5) is 5.69 Å². The highest BCUT2D eigenvalue weighted by atomic mass is 16.5. The molecular weight excluding hydrogens is 394 g/mol. The van der Waals surface area contributed by atoms with Crippen LogP contribution in [0.2, 0.25) is 0 Å². The molecule has 1 spiro atoms. The van der Waals surface area contributed by atoms with Crippen LogP contribution in [0.5, 0.6) is 11.5 Å². The van der Waals surface area contributed by atoms with Crippen molar-refractivity contribution >= 4 is 23.4 Å². The molecule has 4 rings (SSSR count). The Kier molecular flexibility index (Phi) is 5.54. The summed E-state index contributed by atoms with van der Waals surface area (Å²) in [4.78, 5) is 22.7. The molecule has 2 aromatic rings. The predicted octanol–water partition coefficient (Wildman–Crippen LogP) is 3.28. The fourth-order valence-electron chi connectivity index (χ4n) is 4.36. The summed E-state index contributed by atoms with van der Waals surface area (Å²) in [5.74, 6) is 0.170. The highest BCUT2D eigenvalue weighted by molar-refractivity contribution is 6.09. The summed E-state index contributed by atoms with van der Waals surface area (Å²) >= 11 is 0. The summed E-state index contributed by atoms with van der Waals surface area (Å²) < 4.78 is 6.10. The lowest BCUT2D eigenvalue weighted by molar-refractivity contribution is 0.101. The van der Waals surface area contributed by atoms with E-state index in [9.17, 15) is 9.90 Å². The molecule has 0 amide bonds. The van der Waals surface area contributed by atoms with Gasteiger partial charge in [-0.15, -0.1) is 0 Å². The van der Waals surface area contributed by atoms with Gasteiger partial charge in [-0.05, 0) is 50.3 Å². The average molecular weight is 422 g/mol. The molecule has 0 saturated heterocycles. The second-order valence-electron chi connectivity index (χ2n) is 7.96. The van der Waals surface area contributed by atoms with Crippen LogP contribution in [0.15, 0.2) is 52.4 Å². The summed E-state index contributed by atoms with van der Waals surface area (Å²) in [5, 5.41) is 11.2. The third kappa shape index (κ3) is 3.93. The highest BCUT2D eigenvalue weighted by Crippen LogP contribution is 2.48. The van der Waals surface area contributed by atoms with Gasteiger partial charge in [0.2, 0.25) is 11.9 Å². The molecule has 0 aromatic heterocycles. The Bertz CT molecular complexity index is 1040. The third-order valence-electron chi connectivity index (χ3n) is 5.81. The summed E-state index contributed by atoms with van der Waals surface area (Å²) in [7, 11) is 0. The van der Waals surface area contributed by atoms with Gasteiger partial charge in [-0.1, -0.05) is 36.8 Å². The van der Waals surface area contributed by atoms with Gasteiger partial charge in [0.05, 0.1) is 5.56 Å². The molecule has 0 atom stereocenters. The largest absolute Gasteiger partial charge is 0.505 e. The SMILES string of the molecule is CC(=O)c1ccc(OCc2ccccc2)c(N2C(N)=NC(N)=NC23CCCCC3)c1O. The fourth-order valence-corrected chi connectivity index (χ4v) is 4.36. The second kappa shape index (κ2) is 8.29. The van der Waals surface area contributed by atoms with Crippen LogP contribution in [0.25, 0.3) is 0 Å². The number of aromatic hydroxyl groups is 1. The molecule has 1 heterocycles. The van der Waals surface area contributed by atoms with Crippen LogP contribution in [-0.4, -0.2) is 28.5 Å². The molecule has 0 bridgehead atoms. The van der Waals surface area contributed by atoms with Crippen LogP contribution in [-0.2, 0) is 6.61 Å². The molecule has 1 fully saturated rings. The zero-order valence-electron chi connectivity index (χ0n) is 17.5. The van der Waals surface area contributed by atoms with Crippen molar-refractivity contribution in [3.63, 3.8) is 0 Å². The van der Waals surface area contributed by atoms with Gasteiger partial charge >= 0.3 is 0 Å². The average Bonchev–Trinajstić information content (AvgIpc) is 2.74. The standard InChI is InChI=1S/C23H27N5O3/c1-15(29)17-10-11-18(31-14-16-8-4-2-5-9-16)19(20(17)30)28-22(25)26-21(24)27-23(28)12-6-3-7-13-23/h2,4-5,8-11,30H,3,6-7,12-14H2,1H3,(H4,24,25,26,27). The van der Waals surface area contributed by atoms with E-state index in [4.69, 9.17) is 16.2 Å². The fraction of sp³-hybridized carbons (Fsp3) is 0.348. The lowest BCUT2D eigenvalue weighted by Crippen LogP contribution is -2.58. The van der Waals surface area contributed by atoms with Crippen molar-refractivity contribution in [2.24, 2.45) is 21.5 Å². The zero-order chi connectivity index (χ0) is 22.0. The van der Waals surface area contributed by atoms with E-state index in [1.807, 2.05) is 30.3 Å². The van der Waals surface area contributed by atoms with Crippen molar-refractivity contribution in [3.8, 4) is 11.5 Å². The number of anilines is 1. The number of ketones is 1. The number of phenolic OH excluding ortho intramolecular Hbond substituents is 1. The molecule has 0 unspecified atom stereocenters. The van der Waals surface area contributed by atoms with Crippen molar-refractivity contribution in [2.75, 3.05) is 4.90 Å². The second-order valence-corrected chi connectivity index (χ2v) is 7.96. The molecule has 2 aromatic carbocycles. The van der Waals surface area contributed by atoms with Crippen LogP contribution in [0.3, 0.4) is 0 Å². The minimum absolute atomic E-state index is 0.115. The number of rotatable bonds is 5. The summed E-state index contributed by atoms with van der Waals surface area (Å²) in [5.41, 5.74) is 13.0. The maximum Gasteiger partial charge on any atom is 0.220 e. The van der Waals surface area contributed by atoms with E-state index in [1.54, 1.807) is 17.0 Å². The van der Waals surface area contributed by atoms with E-state index in [-0.39, 0.29) is 35.6 Å². The molecule has 2 aliphatic rings. The van der Waals surface area contributed by atoms with Crippen molar-refractivity contribution in [3.05, 3.63) is 53.6 Å². The number of Topliss-reactive ketones (excluding diaryl/α,β-unsaturated/α-hetero) is 1. The Morgan fingerprint density at radius 1 is 1.13 bits per heavy atom. The molecule has 162 valence electrons. The Labute approximate surface area is 181 Å². The Balaban J connectivity index is 1.83. The number of nitrogens with zero attached hydrogens (tertiary/aromatic N) is 3. The van der Waals surface area contributed by atoms with Gasteiger partial charge < -0.3 is 21.3 Å². The number of phenols is 1. The van der Waals surface area contributed by atoms with Gasteiger partial charge in [0, 0.05) is 0 Å². The number of carbonyl (C=O) groups is 1. The first-order valence-electron chi connectivity index (χ1n) is 10.4. The molecule has 1 saturated carbocycles. The molecule has 8 nitrogen and oxygen atoms in total. The number of hydrogen-bond acceptors (Lipinski definition) is 8. The highest BCUT2D eigenvalue weighted by Gasteiger charge is 2.45. The molecule has 5 N–H and O–H groups in total. The van der Waals surface area contributed by atoms with E-state index >= 15 is 0 Å². The van der Waals surface area contributed by atoms with E-state index in [0.717, 1.165) is 24.8 Å². The van der Waals surface area contributed by atoms with Gasteiger partial charge in [0.15, 0.2) is 11.5 Å². The van der Waals surface area contributed by atoms with E-state index in [0.29, 0.717) is 24.3 Å². The first-order valence-corrected chi connectivity index (χ1v) is 10.4. The van der Waals surface area contributed by atoms with Crippen LogP contribution in [0, 0.1) is 0 Å². The number of nitrogens with two attached hydrogens (primary N) is 2. The van der Waals surface area contributed by atoms with Crippen LogP contribution >= 0.6 is 0 Å². The smallest absolute Gasteiger partial charge is 0.220 e. The summed E-state index contributed by atoms with van der Waals surface area (Å²) in [6.07, 6.45) is 4.36. The zero-order valence-corrected chi connectivity index (χ0v) is 17.5. The number of ether oxygens (including phenoxy) is 1. The van der Waals surface area contributed by atoms with Crippen molar-refractivity contribution in [2.45, 2.75) is 51.3 Å². The monoisotopic (exact) mass is 421 g/mol. The van der Waals surface area contributed by atoms with E-state index in [2.05, 4.69) is 9.98 Å². The first kappa shape index (κ1) is 20.7. The molecule has 1 aliphatic carbocycles. The Hall–Kier alpha value is -3.55. The molecule has 0 radical (unpaired) electrons. The van der Waals surface area contributed by atoms with Gasteiger partial charge in [0.1, 0.15) is 23.7 Å². The lowest BCUT2D eigenvalue weighted by Gasteiger charge is -2.46. The summed E-state index contributed by atoms with van der Waals surface area (Å²) in [6.45, 7) is 1.69. The normalized spacial score (nSPS) is 17.8. The minimum Gasteiger partial charge on any atom is -0.505 e. The predicted molar refractivity (Wildman–Crippen MR) is 120 cm³/mol. The quantitative estimate of drug-likeness (QED) is 0.636. The molecule has 1 aliphatic heterocycles. The molecule has 31 heavy (non-hydrogen) atoms. The maximum atomic E-state index is 12.2. The van der Waals surface area contributed by atoms with Gasteiger partial charge in [-0.3, -0.25) is 9.69 Å². The lowest BCUT2D eigenvalue weighted by atomic mass is 9.87. The summed E-state index contributed by atoms with van der Waals surface area (Å²) in [6, 6.07) is 12.9. The number of carbonyl (C=O) groups excluding carboxylic acids is 1. The maximum absolute atomic E-state index is 12.2. The topological polar surface area (TPSA) is 127 Å². The van der Waals surface area contributed by atoms with Gasteiger partial charge in [-0.2, -0.15) is 4.99 Å². The van der Waals surface area contributed by atoms with Gasteiger partial charge in [0.25, 0.3) is 0 Å². The van der Waals surface area contributed by atoms with Crippen molar-refractivity contribution < 1.29 is 14.6 Å². The van der Waals surface area contributed by atoms with E-state index in [1.165, 1.54) is 6.92 Å².